The molecule has 1 heterocycles. The summed E-state index contributed by atoms with van der Waals surface area (Å²) in [5, 5.41) is 3.24. The monoisotopic (exact) mass is 247 g/mol. The summed E-state index contributed by atoms with van der Waals surface area (Å²) in [5.41, 5.74) is 0. The quantitative estimate of drug-likeness (QED) is 0.827. The van der Waals surface area contributed by atoms with Crippen molar-refractivity contribution < 1.29 is 8.42 Å². The SMILES string of the molecule is CC(C)CC1NC(C)CS(=O)(=O)C1C(C)C. The summed E-state index contributed by atoms with van der Waals surface area (Å²) in [4.78, 5) is 0. The van der Waals surface area contributed by atoms with Crippen LogP contribution in [-0.2, 0) is 9.84 Å². The van der Waals surface area contributed by atoms with E-state index in [0.29, 0.717) is 5.92 Å². The molecule has 1 aliphatic heterocycles. The van der Waals surface area contributed by atoms with Gasteiger partial charge in [-0.05, 0) is 25.2 Å². The van der Waals surface area contributed by atoms with Crippen LogP contribution in [0.3, 0.4) is 0 Å². The normalized spacial score (nSPS) is 34.6. The van der Waals surface area contributed by atoms with E-state index in [2.05, 4.69) is 19.2 Å². The second kappa shape index (κ2) is 5.05. The lowest BCUT2D eigenvalue weighted by atomic mass is 9.94. The van der Waals surface area contributed by atoms with Crippen LogP contribution in [-0.4, -0.2) is 31.5 Å². The molecule has 0 aromatic heterocycles. The summed E-state index contributed by atoms with van der Waals surface area (Å²) in [7, 11) is -2.93. The molecule has 0 aromatic carbocycles. The van der Waals surface area contributed by atoms with Gasteiger partial charge in [-0.15, -0.1) is 0 Å². The zero-order chi connectivity index (χ0) is 12.5. The van der Waals surface area contributed by atoms with Crippen molar-refractivity contribution in [2.45, 2.75) is 58.4 Å². The second-order valence-corrected chi connectivity index (χ2v) is 8.05. The van der Waals surface area contributed by atoms with E-state index in [0.717, 1.165) is 6.42 Å². The van der Waals surface area contributed by atoms with Crippen molar-refractivity contribution in [2.24, 2.45) is 11.8 Å². The van der Waals surface area contributed by atoms with Crippen LogP contribution in [0.15, 0.2) is 0 Å². The van der Waals surface area contributed by atoms with Crippen LogP contribution in [0.5, 0.6) is 0 Å². The summed E-state index contributed by atoms with van der Waals surface area (Å²) < 4.78 is 24.4. The molecular weight excluding hydrogens is 222 g/mol. The molecule has 3 atom stereocenters. The lowest BCUT2D eigenvalue weighted by Gasteiger charge is -2.38. The fraction of sp³-hybridized carbons (Fsp3) is 1.00. The lowest BCUT2D eigenvalue weighted by Crippen LogP contribution is -2.58. The highest BCUT2D eigenvalue weighted by Crippen LogP contribution is 2.26. The minimum atomic E-state index is -2.93. The van der Waals surface area contributed by atoms with Crippen LogP contribution in [0.1, 0.15) is 41.0 Å². The Bertz CT molecular complexity index is 320. The van der Waals surface area contributed by atoms with Crippen molar-refractivity contribution in [1.82, 2.24) is 5.32 Å². The molecule has 3 nitrogen and oxygen atoms in total. The first-order valence-corrected chi connectivity index (χ1v) is 7.93. The smallest absolute Gasteiger partial charge is 0.156 e. The van der Waals surface area contributed by atoms with E-state index in [1.54, 1.807) is 0 Å². The number of sulfone groups is 1. The van der Waals surface area contributed by atoms with Crippen LogP contribution < -0.4 is 5.32 Å². The molecule has 1 saturated heterocycles. The van der Waals surface area contributed by atoms with Crippen molar-refractivity contribution in [3.63, 3.8) is 0 Å². The Morgan fingerprint density at radius 1 is 1.25 bits per heavy atom. The number of hydrogen-bond donors (Lipinski definition) is 1. The molecule has 0 saturated carbocycles. The molecule has 0 spiro atoms. The summed E-state index contributed by atoms with van der Waals surface area (Å²) in [6.45, 7) is 10.3. The first-order chi connectivity index (χ1) is 7.24. The predicted octanol–water partition coefficient (Wildman–Crippen LogP) is 1.83. The van der Waals surface area contributed by atoms with Crippen molar-refractivity contribution in [3.8, 4) is 0 Å². The number of rotatable bonds is 3. The molecule has 3 unspecified atom stereocenters. The molecular formula is C12H25NO2S. The molecule has 16 heavy (non-hydrogen) atoms. The van der Waals surface area contributed by atoms with E-state index in [1.807, 2.05) is 20.8 Å². The van der Waals surface area contributed by atoms with E-state index in [4.69, 9.17) is 0 Å². The maximum Gasteiger partial charge on any atom is 0.156 e. The van der Waals surface area contributed by atoms with Crippen LogP contribution in [0.25, 0.3) is 0 Å². The van der Waals surface area contributed by atoms with E-state index in [1.165, 1.54) is 0 Å². The van der Waals surface area contributed by atoms with Gasteiger partial charge in [-0.2, -0.15) is 0 Å². The Morgan fingerprint density at radius 3 is 2.25 bits per heavy atom. The zero-order valence-electron chi connectivity index (χ0n) is 11.0. The van der Waals surface area contributed by atoms with E-state index in [9.17, 15) is 8.42 Å². The van der Waals surface area contributed by atoms with Crippen molar-refractivity contribution in [3.05, 3.63) is 0 Å². The second-order valence-electron chi connectivity index (χ2n) is 5.84. The molecule has 0 radical (unpaired) electrons. The highest BCUT2D eigenvalue weighted by molar-refractivity contribution is 7.92. The Labute approximate surface area is 99.9 Å². The van der Waals surface area contributed by atoms with Gasteiger partial charge in [0.25, 0.3) is 0 Å². The molecule has 0 bridgehead atoms. The number of nitrogens with one attached hydrogen (secondary N) is 1. The van der Waals surface area contributed by atoms with Gasteiger partial charge in [-0.1, -0.05) is 27.7 Å². The maximum absolute atomic E-state index is 12.2. The summed E-state index contributed by atoms with van der Waals surface area (Å²) in [6.07, 6.45) is 0.937. The molecule has 1 aliphatic rings. The number of hydrogen-bond acceptors (Lipinski definition) is 3. The molecule has 0 amide bonds. The zero-order valence-corrected chi connectivity index (χ0v) is 11.8. The summed E-state index contributed by atoms with van der Waals surface area (Å²) >= 11 is 0. The van der Waals surface area contributed by atoms with Gasteiger partial charge in [-0.3, -0.25) is 0 Å². The Hall–Kier alpha value is -0.0900. The molecule has 1 fully saturated rings. The van der Waals surface area contributed by atoms with Gasteiger partial charge in [0.1, 0.15) is 0 Å². The Kier molecular flexibility index (Phi) is 4.41. The van der Waals surface area contributed by atoms with E-state index >= 15 is 0 Å². The fourth-order valence-electron chi connectivity index (χ4n) is 2.81. The summed E-state index contributed by atoms with van der Waals surface area (Å²) in [5.74, 6) is 0.998. The van der Waals surface area contributed by atoms with Gasteiger partial charge < -0.3 is 5.32 Å². The van der Waals surface area contributed by atoms with Crippen LogP contribution in [0.2, 0.25) is 0 Å². The highest BCUT2D eigenvalue weighted by Gasteiger charge is 2.41. The summed E-state index contributed by atoms with van der Waals surface area (Å²) in [6, 6.07) is 0.206. The minimum Gasteiger partial charge on any atom is -0.309 e. The third-order valence-electron chi connectivity index (χ3n) is 3.17. The van der Waals surface area contributed by atoms with Gasteiger partial charge >= 0.3 is 0 Å². The average Bonchev–Trinajstić information content (AvgIpc) is 1.96. The lowest BCUT2D eigenvalue weighted by molar-refractivity contribution is 0.322. The standard InChI is InChI=1S/C12H25NO2S/c1-8(2)6-11-12(9(3)4)16(14,15)7-10(5)13-11/h8-13H,6-7H2,1-5H3. The minimum absolute atomic E-state index is 0.0868. The molecule has 4 heteroatoms. The topological polar surface area (TPSA) is 46.2 Å². The van der Waals surface area contributed by atoms with Crippen LogP contribution in [0.4, 0.5) is 0 Å². The molecule has 96 valence electrons. The molecule has 0 aromatic rings. The fourth-order valence-corrected chi connectivity index (χ4v) is 5.34. The van der Waals surface area contributed by atoms with E-state index < -0.39 is 9.84 Å². The predicted molar refractivity (Wildman–Crippen MR) is 68.3 cm³/mol. The van der Waals surface area contributed by atoms with Crippen molar-refractivity contribution in [1.29, 1.82) is 0 Å². The molecule has 1 N–H and O–H groups in total. The van der Waals surface area contributed by atoms with E-state index in [-0.39, 0.29) is 29.0 Å². The third-order valence-corrected chi connectivity index (χ3v) is 5.84. The largest absolute Gasteiger partial charge is 0.309 e. The molecule has 0 aliphatic carbocycles. The first-order valence-electron chi connectivity index (χ1n) is 6.21. The van der Waals surface area contributed by atoms with Crippen molar-refractivity contribution >= 4 is 9.84 Å². The Balaban J connectivity index is 2.94. The van der Waals surface area contributed by atoms with Gasteiger partial charge in [0, 0.05) is 12.1 Å². The van der Waals surface area contributed by atoms with Crippen LogP contribution >= 0.6 is 0 Å². The van der Waals surface area contributed by atoms with Gasteiger partial charge in [0.15, 0.2) is 9.84 Å². The van der Waals surface area contributed by atoms with Gasteiger partial charge in [0.05, 0.1) is 11.0 Å². The van der Waals surface area contributed by atoms with Crippen molar-refractivity contribution in [2.75, 3.05) is 5.75 Å². The Morgan fingerprint density at radius 2 is 1.81 bits per heavy atom. The van der Waals surface area contributed by atoms with Gasteiger partial charge in [0.2, 0.25) is 0 Å². The third kappa shape index (κ3) is 3.20. The first kappa shape index (κ1) is 14.0. The highest BCUT2D eigenvalue weighted by atomic mass is 32.2. The van der Waals surface area contributed by atoms with Gasteiger partial charge in [-0.25, -0.2) is 8.42 Å². The average molecular weight is 247 g/mol. The molecule has 1 rings (SSSR count). The maximum atomic E-state index is 12.2. The van der Waals surface area contributed by atoms with Crippen LogP contribution in [0, 0.1) is 11.8 Å².